The minimum Gasteiger partial charge on any atom is -0.308 e. The summed E-state index contributed by atoms with van der Waals surface area (Å²) in [5, 5.41) is 9.89. The molecule has 3 aromatic rings. The molecule has 3 heterocycles. The maximum absolute atomic E-state index is 12.8. The monoisotopic (exact) mass is 390 g/mol. The van der Waals surface area contributed by atoms with Gasteiger partial charge >= 0.3 is 0 Å². The first-order chi connectivity index (χ1) is 12.5. The second-order valence-corrected chi connectivity index (χ2v) is 9.86. The Hall–Kier alpha value is -1.31. The zero-order valence-electron chi connectivity index (χ0n) is 15.7. The van der Waals surface area contributed by atoms with Crippen molar-refractivity contribution in [3.05, 3.63) is 25.8 Å². The summed E-state index contributed by atoms with van der Waals surface area (Å²) in [6.07, 6.45) is 7.76. The van der Waals surface area contributed by atoms with E-state index >= 15 is 0 Å². The first kappa shape index (κ1) is 18.1. The summed E-state index contributed by atoms with van der Waals surface area (Å²) in [5.41, 5.74) is 1.00. The molecular formula is C19H26N4OS2. The number of nitrogens with one attached hydrogen (secondary N) is 1. The minimum absolute atomic E-state index is 0.0331. The van der Waals surface area contributed by atoms with Crippen LogP contribution in [0.1, 0.15) is 60.9 Å². The van der Waals surface area contributed by atoms with Crippen molar-refractivity contribution in [2.75, 3.05) is 0 Å². The van der Waals surface area contributed by atoms with Crippen LogP contribution in [-0.4, -0.2) is 20.6 Å². The van der Waals surface area contributed by atoms with Gasteiger partial charge in [0.25, 0.3) is 5.56 Å². The van der Waals surface area contributed by atoms with Crippen LogP contribution in [0.5, 0.6) is 0 Å². The van der Waals surface area contributed by atoms with Crippen LogP contribution in [0.2, 0.25) is 0 Å². The summed E-state index contributed by atoms with van der Waals surface area (Å²) < 4.78 is 1.49. The molecule has 1 N–H and O–H groups in total. The van der Waals surface area contributed by atoms with Crippen LogP contribution >= 0.6 is 22.7 Å². The molecule has 1 aliphatic rings. The van der Waals surface area contributed by atoms with Crippen LogP contribution in [0, 0.1) is 19.8 Å². The molecule has 4 rings (SSSR count). The highest BCUT2D eigenvalue weighted by atomic mass is 32.1. The highest BCUT2D eigenvalue weighted by molar-refractivity contribution is 7.19. The van der Waals surface area contributed by atoms with E-state index in [0.29, 0.717) is 11.0 Å². The van der Waals surface area contributed by atoms with Crippen molar-refractivity contribution in [1.82, 2.24) is 19.9 Å². The molecule has 3 aromatic heterocycles. The third-order valence-electron chi connectivity index (χ3n) is 5.61. The predicted molar refractivity (Wildman–Crippen MR) is 109 cm³/mol. The zero-order chi connectivity index (χ0) is 18.3. The Labute approximate surface area is 161 Å². The molecule has 0 spiro atoms. The number of rotatable bonds is 3. The maximum Gasteiger partial charge on any atom is 0.284 e. The summed E-state index contributed by atoms with van der Waals surface area (Å²) in [4.78, 5) is 20.2. The van der Waals surface area contributed by atoms with Gasteiger partial charge in [-0.2, -0.15) is 9.61 Å². The van der Waals surface area contributed by atoms with Crippen molar-refractivity contribution in [3.63, 3.8) is 0 Å². The lowest BCUT2D eigenvalue weighted by molar-refractivity contribution is 0.341. The fourth-order valence-electron chi connectivity index (χ4n) is 3.88. The molecule has 0 bridgehead atoms. The lowest BCUT2D eigenvalue weighted by Gasteiger charge is -2.23. The fourth-order valence-corrected chi connectivity index (χ4v) is 5.79. The lowest BCUT2D eigenvalue weighted by atomic mass is 9.90. The third-order valence-corrected chi connectivity index (χ3v) is 7.62. The maximum atomic E-state index is 12.8. The highest BCUT2D eigenvalue weighted by Gasteiger charge is 2.17. The Morgan fingerprint density at radius 2 is 1.88 bits per heavy atom. The molecule has 0 amide bonds. The summed E-state index contributed by atoms with van der Waals surface area (Å²) in [6.45, 7) is 7.12. The predicted octanol–water partition coefficient (Wildman–Crippen LogP) is 4.43. The molecule has 0 aromatic carbocycles. The van der Waals surface area contributed by atoms with Crippen molar-refractivity contribution < 1.29 is 0 Å². The number of aromatic nitrogens is 3. The number of hydrogen-bond donors (Lipinski definition) is 1. The van der Waals surface area contributed by atoms with E-state index in [1.54, 1.807) is 11.3 Å². The van der Waals surface area contributed by atoms with Gasteiger partial charge in [-0.15, -0.1) is 11.3 Å². The molecule has 1 saturated carbocycles. The summed E-state index contributed by atoms with van der Waals surface area (Å²) in [5.74, 6) is 0.874. The SMILES string of the molecule is Cc1sc2nc3sc(CNC4CCCC(C)CCC4)nn3c(=O)c2c1C. The summed E-state index contributed by atoms with van der Waals surface area (Å²) in [7, 11) is 0. The number of aryl methyl sites for hydroxylation is 2. The molecule has 0 atom stereocenters. The second kappa shape index (κ2) is 7.37. The molecule has 0 aliphatic heterocycles. The van der Waals surface area contributed by atoms with E-state index < -0.39 is 0 Å². The standard InChI is InChI=1S/C19H26N4OS2/c1-11-6-4-8-14(9-5-7-11)20-10-15-22-23-18(24)16-12(2)13(3)25-17(16)21-19(23)26-15/h11,14,20H,4-10H2,1-3H3. The summed E-state index contributed by atoms with van der Waals surface area (Å²) >= 11 is 3.12. The third kappa shape index (κ3) is 3.44. The summed E-state index contributed by atoms with van der Waals surface area (Å²) in [6, 6.07) is 0.563. The zero-order valence-corrected chi connectivity index (χ0v) is 17.3. The average molecular weight is 391 g/mol. The molecule has 140 valence electrons. The Morgan fingerprint density at radius 1 is 1.15 bits per heavy atom. The minimum atomic E-state index is -0.0331. The molecular weight excluding hydrogens is 364 g/mol. The van der Waals surface area contributed by atoms with Gasteiger partial charge in [0, 0.05) is 17.5 Å². The van der Waals surface area contributed by atoms with Crippen LogP contribution in [0.25, 0.3) is 15.2 Å². The second-order valence-electron chi connectivity index (χ2n) is 7.62. The van der Waals surface area contributed by atoms with Gasteiger partial charge in [-0.3, -0.25) is 4.79 Å². The lowest BCUT2D eigenvalue weighted by Crippen LogP contribution is -2.29. The smallest absolute Gasteiger partial charge is 0.284 e. The van der Waals surface area contributed by atoms with Gasteiger partial charge in [-0.1, -0.05) is 43.9 Å². The van der Waals surface area contributed by atoms with E-state index in [-0.39, 0.29) is 5.56 Å². The van der Waals surface area contributed by atoms with Gasteiger partial charge in [0.2, 0.25) is 4.96 Å². The van der Waals surface area contributed by atoms with Gasteiger partial charge < -0.3 is 5.32 Å². The highest BCUT2D eigenvalue weighted by Crippen LogP contribution is 2.27. The van der Waals surface area contributed by atoms with Crippen molar-refractivity contribution in [3.8, 4) is 0 Å². The molecule has 0 unspecified atom stereocenters. The van der Waals surface area contributed by atoms with Crippen LogP contribution < -0.4 is 10.9 Å². The largest absolute Gasteiger partial charge is 0.308 e. The molecule has 1 aliphatic carbocycles. The Morgan fingerprint density at radius 3 is 2.62 bits per heavy atom. The fraction of sp³-hybridized carbons (Fsp3) is 0.632. The molecule has 26 heavy (non-hydrogen) atoms. The van der Waals surface area contributed by atoms with Gasteiger partial charge in [0.15, 0.2) is 0 Å². The first-order valence-electron chi connectivity index (χ1n) is 9.54. The number of fused-ring (bicyclic) bond motifs is 2. The van der Waals surface area contributed by atoms with E-state index in [4.69, 9.17) is 0 Å². The van der Waals surface area contributed by atoms with E-state index in [2.05, 4.69) is 22.3 Å². The van der Waals surface area contributed by atoms with Gasteiger partial charge in [-0.05, 0) is 38.2 Å². The van der Waals surface area contributed by atoms with Crippen molar-refractivity contribution in [1.29, 1.82) is 0 Å². The van der Waals surface area contributed by atoms with Crippen molar-refractivity contribution in [2.45, 2.75) is 71.9 Å². The van der Waals surface area contributed by atoms with E-state index in [9.17, 15) is 4.79 Å². The number of hydrogen-bond acceptors (Lipinski definition) is 6. The molecule has 5 nitrogen and oxygen atoms in total. The molecule has 0 radical (unpaired) electrons. The molecule has 0 saturated heterocycles. The van der Waals surface area contributed by atoms with E-state index in [1.165, 1.54) is 54.4 Å². The molecule has 1 fully saturated rings. The van der Waals surface area contributed by atoms with Crippen LogP contribution in [0.15, 0.2) is 4.79 Å². The van der Waals surface area contributed by atoms with Crippen molar-refractivity contribution in [2.24, 2.45) is 5.92 Å². The van der Waals surface area contributed by atoms with Gasteiger partial charge in [-0.25, -0.2) is 4.98 Å². The van der Waals surface area contributed by atoms with Crippen molar-refractivity contribution >= 4 is 37.9 Å². The Balaban J connectivity index is 1.53. The van der Waals surface area contributed by atoms with Gasteiger partial charge in [0.1, 0.15) is 9.84 Å². The van der Waals surface area contributed by atoms with Crippen LogP contribution in [-0.2, 0) is 6.54 Å². The topological polar surface area (TPSA) is 59.3 Å². The Bertz CT molecular complexity index is 977. The van der Waals surface area contributed by atoms with Gasteiger partial charge in [0.05, 0.1) is 5.39 Å². The van der Waals surface area contributed by atoms with Crippen LogP contribution in [0.4, 0.5) is 0 Å². The number of nitrogens with zero attached hydrogens (tertiary/aromatic N) is 3. The quantitative estimate of drug-likeness (QED) is 0.719. The Kier molecular flexibility index (Phi) is 5.12. The normalized spacial score (nSPS) is 22.0. The average Bonchev–Trinajstić information content (AvgIpc) is 3.11. The first-order valence-corrected chi connectivity index (χ1v) is 11.2. The van der Waals surface area contributed by atoms with E-state index in [0.717, 1.165) is 38.1 Å². The van der Waals surface area contributed by atoms with Crippen LogP contribution in [0.3, 0.4) is 0 Å². The molecule has 7 heteroatoms. The number of thiophene rings is 1. The van der Waals surface area contributed by atoms with E-state index in [1.807, 2.05) is 13.8 Å².